The number of carboxylic acid groups (broad SMARTS) is 1. The molecule has 1 fully saturated rings. The number of ether oxygens (including phenoxy) is 1. The molecule has 0 aliphatic carbocycles. The Balaban J connectivity index is 1.36. The van der Waals surface area contributed by atoms with E-state index in [1.807, 2.05) is 43.3 Å². The number of rotatable bonds is 10. The zero-order chi connectivity index (χ0) is 26.5. The lowest BCUT2D eigenvalue weighted by molar-refractivity contribution is -0.0169. The largest absolute Gasteiger partial charge is 0.505 e. The number of aromatic hydroxyl groups is 1. The number of halogens is 1. The van der Waals surface area contributed by atoms with Crippen molar-refractivity contribution in [2.45, 2.75) is 51.4 Å². The topological polar surface area (TPSA) is 90.2 Å². The number of hydrogen-bond donors (Lipinski definition) is 3. The van der Waals surface area contributed by atoms with Crippen molar-refractivity contribution < 1.29 is 29.2 Å². The maximum atomic E-state index is 13.7. The normalized spacial score (nSPS) is 17.6. The third kappa shape index (κ3) is 6.55. The molecule has 0 radical (unpaired) electrons. The number of aliphatic hydroxyl groups is 1. The molecule has 1 heterocycles. The van der Waals surface area contributed by atoms with Gasteiger partial charge in [-0.05, 0) is 85.7 Å². The number of benzene rings is 3. The van der Waals surface area contributed by atoms with E-state index in [-0.39, 0.29) is 30.1 Å². The van der Waals surface area contributed by atoms with Gasteiger partial charge in [-0.15, -0.1) is 0 Å². The predicted molar refractivity (Wildman–Crippen MR) is 140 cm³/mol. The van der Waals surface area contributed by atoms with Crippen LogP contribution >= 0.6 is 0 Å². The van der Waals surface area contributed by atoms with E-state index < -0.39 is 17.9 Å². The van der Waals surface area contributed by atoms with E-state index in [9.17, 15) is 24.5 Å². The molecule has 4 rings (SSSR count). The molecule has 1 saturated heterocycles. The molecule has 196 valence electrons. The summed E-state index contributed by atoms with van der Waals surface area (Å²) in [5.41, 5.74) is 4.65. The van der Waals surface area contributed by atoms with Gasteiger partial charge in [-0.1, -0.05) is 42.5 Å². The Hall–Kier alpha value is -3.26. The molecule has 0 aromatic heterocycles. The average Bonchev–Trinajstić information content (AvgIpc) is 3.30. The van der Waals surface area contributed by atoms with Crippen LogP contribution in [0.2, 0.25) is 0 Å². The van der Waals surface area contributed by atoms with Crippen molar-refractivity contribution in [1.82, 2.24) is 4.90 Å². The van der Waals surface area contributed by atoms with Gasteiger partial charge in [0, 0.05) is 12.6 Å². The maximum Gasteiger partial charge on any atom is 0.335 e. The first kappa shape index (κ1) is 26.8. The highest BCUT2D eigenvalue weighted by atomic mass is 19.1. The fraction of sp³-hybridized carbons (Fsp3) is 0.367. The minimum atomic E-state index is -0.946. The Kier molecular flexibility index (Phi) is 8.59. The van der Waals surface area contributed by atoms with Crippen LogP contribution in [0.1, 0.15) is 52.9 Å². The summed E-state index contributed by atoms with van der Waals surface area (Å²) in [6, 6.07) is 17.9. The number of hydrogen-bond acceptors (Lipinski definition) is 5. The number of carboxylic acids is 1. The summed E-state index contributed by atoms with van der Waals surface area (Å²) in [6.07, 6.45) is 1.69. The number of aromatic carboxylic acids is 1. The molecule has 7 heteroatoms. The van der Waals surface area contributed by atoms with E-state index in [1.165, 1.54) is 12.1 Å². The number of nitrogens with zero attached hydrogens (tertiary/aromatic N) is 1. The third-order valence-electron chi connectivity index (χ3n) is 7.13. The van der Waals surface area contributed by atoms with Crippen molar-refractivity contribution in [3.05, 3.63) is 88.7 Å². The number of phenolic OH excluding ortho intramolecular Hbond substituents is 1. The summed E-state index contributed by atoms with van der Waals surface area (Å²) in [5, 5.41) is 29.5. The average molecular weight is 508 g/mol. The maximum absolute atomic E-state index is 13.7. The molecule has 0 bridgehead atoms. The molecule has 0 unspecified atom stereocenters. The minimum Gasteiger partial charge on any atom is -0.505 e. The van der Waals surface area contributed by atoms with Gasteiger partial charge in [-0.25, -0.2) is 9.18 Å². The van der Waals surface area contributed by atoms with E-state index >= 15 is 0 Å². The summed E-state index contributed by atoms with van der Waals surface area (Å²) < 4.78 is 19.8. The second-order valence-corrected chi connectivity index (χ2v) is 9.83. The number of aryl methyl sites for hydroxylation is 1. The third-order valence-corrected chi connectivity index (χ3v) is 7.13. The molecule has 3 aromatic carbocycles. The minimum absolute atomic E-state index is 0.170. The van der Waals surface area contributed by atoms with Gasteiger partial charge in [0.25, 0.3) is 0 Å². The molecule has 37 heavy (non-hydrogen) atoms. The van der Waals surface area contributed by atoms with Gasteiger partial charge in [0.2, 0.25) is 0 Å². The fourth-order valence-electron chi connectivity index (χ4n) is 5.17. The van der Waals surface area contributed by atoms with Crippen molar-refractivity contribution in [2.24, 2.45) is 0 Å². The zero-order valence-electron chi connectivity index (χ0n) is 21.2. The number of phenols is 1. The standard InChI is InChI=1S/C30H34FNO5/c1-19-14-22(10-11-25(19)30(35)36)27-8-4-3-7-26(27)20(2)37-18-24(33)17-32-13-5-6-23(32)15-21-9-12-29(34)28(31)16-21/h3-4,7-12,14,16,20,23-24,33-34H,5-6,13,15,17-18H2,1-2H3,(H,35,36)/t20-,23+,24-/m1/s1. The Bertz CT molecular complexity index is 1250. The van der Waals surface area contributed by atoms with Crippen LogP contribution in [0.3, 0.4) is 0 Å². The van der Waals surface area contributed by atoms with Gasteiger partial charge in [-0.2, -0.15) is 0 Å². The van der Waals surface area contributed by atoms with Crippen LogP contribution in [0, 0.1) is 12.7 Å². The number of β-amino-alcohol motifs (C(OH)–C–C–N with tert-alkyl or cyclic N) is 1. The van der Waals surface area contributed by atoms with E-state index in [2.05, 4.69) is 4.90 Å². The molecule has 1 aliphatic rings. The summed E-state index contributed by atoms with van der Waals surface area (Å²) in [5.74, 6) is -1.90. The first-order valence-corrected chi connectivity index (χ1v) is 12.7. The molecular weight excluding hydrogens is 473 g/mol. The van der Waals surface area contributed by atoms with E-state index in [0.717, 1.165) is 41.6 Å². The highest BCUT2D eigenvalue weighted by Gasteiger charge is 2.27. The summed E-state index contributed by atoms with van der Waals surface area (Å²) in [4.78, 5) is 13.6. The van der Waals surface area contributed by atoms with Gasteiger partial charge in [0.1, 0.15) is 0 Å². The van der Waals surface area contributed by atoms with Gasteiger partial charge < -0.3 is 20.1 Å². The molecule has 0 amide bonds. The quantitative estimate of drug-likeness (QED) is 0.343. The summed E-state index contributed by atoms with van der Waals surface area (Å²) in [6.45, 7) is 5.24. The molecule has 0 saturated carbocycles. The first-order valence-electron chi connectivity index (χ1n) is 12.7. The molecule has 3 N–H and O–H groups in total. The van der Waals surface area contributed by atoms with Crippen LogP contribution < -0.4 is 0 Å². The van der Waals surface area contributed by atoms with Gasteiger partial charge in [-0.3, -0.25) is 4.90 Å². The van der Waals surface area contributed by atoms with Crippen LogP contribution in [0.5, 0.6) is 5.75 Å². The number of likely N-dealkylation sites (tertiary alicyclic amines) is 1. The molecule has 0 spiro atoms. The molecule has 1 aliphatic heterocycles. The van der Waals surface area contributed by atoms with Crippen molar-refractivity contribution >= 4 is 5.97 Å². The lowest BCUT2D eigenvalue weighted by Crippen LogP contribution is -2.39. The Morgan fingerprint density at radius 2 is 1.95 bits per heavy atom. The Morgan fingerprint density at radius 3 is 2.68 bits per heavy atom. The van der Waals surface area contributed by atoms with Crippen LogP contribution in [-0.4, -0.2) is 58.0 Å². The van der Waals surface area contributed by atoms with E-state index in [1.54, 1.807) is 19.1 Å². The second kappa shape index (κ2) is 11.9. The lowest BCUT2D eigenvalue weighted by Gasteiger charge is -2.27. The van der Waals surface area contributed by atoms with E-state index in [0.29, 0.717) is 18.5 Å². The van der Waals surface area contributed by atoms with Crippen molar-refractivity contribution in [1.29, 1.82) is 0 Å². The molecular formula is C30H34FNO5. The smallest absolute Gasteiger partial charge is 0.335 e. The molecule has 6 nitrogen and oxygen atoms in total. The monoisotopic (exact) mass is 507 g/mol. The number of aliphatic hydroxyl groups excluding tert-OH is 1. The highest BCUT2D eigenvalue weighted by molar-refractivity contribution is 5.90. The van der Waals surface area contributed by atoms with Gasteiger partial charge >= 0.3 is 5.97 Å². The fourth-order valence-corrected chi connectivity index (χ4v) is 5.17. The van der Waals surface area contributed by atoms with Crippen LogP contribution in [0.25, 0.3) is 11.1 Å². The predicted octanol–water partition coefficient (Wildman–Crippen LogP) is 5.35. The van der Waals surface area contributed by atoms with Crippen molar-refractivity contribution in [2.75, 3.05) is 19.7 Å². The SMILES string of the molecule is Cc1cc(-c2ccccc2[C@@H](C)OC[C@H](O)CN2CCC[C@H]2Cc2ccc(O)c(F)c2)ccc1C(=O)O. The zero-order valence-corrected chi connectivity index (χ0v) is 21.2. The lowest BCUT2D eigenvalue weighted by atomic mass is 9.94. The second-order valence-electron chi connectivity index (χ2n) is 9.83. The number of carbonyl (C=O) groups is 1. The van der Waals surface area contributed by atoms with Crippen LogP contribution in [0.4, 0.5) is 4.39 Å². The van der Waals surface area contributed by atoms with Crippen molar-refractivity contribution in [3.63, 3.8) is 0 Å². The summed E-state index contributed by atoms with van der Waals surface area (Å²) >= 11 is 0. The summed E-state index contributed by atoms with van der Waals surface area (Å²) in [7, 11) is 0. The van der Waals surface area contributed by atoms with Crippen LogP contribution in [-0.2, 0) is 11.2 Å². The van der Waals surface area contributed by atoms with E-state index in [4.69, 9.17) is 4.74 Å². The van der Waals surface area contributed by atoms with Crippen molar-refractivity contribution in [3.8, 4) is 16.9 Å². The van der Waals surface area contributed by atoms with Crippen LogP contribution in [0.15, 0.2) is 60.7 Å². The molecule has 3 aromatic rings. The first-order chi connectivity index (χ1) is 17.7. The highest BCUT2D eigenvalue weighted by Crippen LogP contribution is 2.31. The Labute approximate surface area is 217 Å². The van der Waals surface area contributed by atoms with Gasteiger partial charge in [0.05, 0.1) is 24.4 Å². The van der Waals surface area contributed by atoms with Gasteiger partial charge in [0.15, 0.2) is 11.6 Å². The molecule has 3 atom stereocenters. The Morgan fingerprint density at radius 1 is 1.16 bits per heavy atom.